The number of rotatable bonds is 3. The molecule has 0 radical (unpaired) electrons. The van der Waals surface area contributed by atoms with Crippen LogP contribution < -0.4 is 11.1 Å². The Labute approximate surface area is 101 Å². The van der Waals surface area contributed by atoms with E-state index in [1.165, 1.54) is 0 Å². The molecule has 0 aliphatic rings. The van der Waals surface area contributed by atoms with Crippen molar-refractivity contribution in [3.05, 3.63) is 21.9 Å². The number of halogens is 2. The first-order chi connectivity index (χ1) is 7.04. The normalized spacial score (nSPS) is 12.3. The van der Waals surface area contributed by atoms with E-state index in [2.05, 4.69) is 26.2 Å². The molecule has 1 aromatic heterocycles. The molecule has 82 valence electrons. The van der Waals surface area contributed by atoms with Gasteiger partial charge in [0.2, 0.25) is 5.91 Å². The molecule has 0 unspecified atom stereocenters. The maximum absolute atomic E-state index is 11.5. The van der Waals surface area contributed by atoms with Crippen LogP contribution in [0.2, 0.25) is 5.15 Å². The summed E-state index contributed by atoms with van der Waals surface area (Å²) in [6, 6.07) is 1.15. The van der Waals surface area contributed by atoms with Gasteiger partial charge in [0, 0.05) is 10.7 Å². The Morgan fingerprint density at radius 2 is 2.47 bits per heavy atom. The summed E-state index contributed by atoms with van der Waals surface area (Å²) >= 11 is 9.04. The number of carbonyl (C=O) groups excluding carboxylic acids is 1. The minimum absolute atomic E-state index is 0.245. The van der Waals surface area contributed by atoms with Crippen LogP contribution in [0.3, 0.4) is 0 Å². The van der Waals surface area contributed by atoms with Crippen LogP contribution in [0, 0.1) is 0 Å². The fourth-order valence-electron chi connectivity index (χ4n) is 0.921. The molecule has 1 aromatic rings. The monoisotopic (exact) mass is 291 g/mol. The SMILES string of the molecule is CC[C@H](N)C(=O)Nc1cc(Br)cnc1Cl. The van der Waals surface area contributed by atoms with E-state index in [9.17, 15) is 4.79 Å². The lowest BCUT2D eigenvalue weighted by Gasteiger charge is -2.10. The molecule has 1 amide bonds. The van der Waals surface area contributed by atoms with Crippen LogP contribution >= 0.6 is 27.5 Å². The fourth-order valence-corrected chi connectivity index (χ4v) is 1.40. The summed E-state index contributed by atoms with van der Waals surface area (Å²) < 4.78 is 0.743. The van der Waals surface area contributed by atoms with Gasteiger partial charge in [-0.25, -0.2) is 4.98 Å². The lowest BCUT2D eigenvalue weighted by atomic mass is 10.2. The largest absolute Gasteiger partial charge is 0.322 e. The molecule has 0 saturated heterocycles. The van der Waals surface area contributed by atoms with Crippen molar-refractivity contribution in [2.75, 3.05) is 5.32 Å². The minimum Gasteiger partial charge on any atom is -0.322 e. The molecule has 15 heavy (non-hydrogen) atoms. The van der Waals surface area contributed by atoms with Crippen molar-refractivity contribution in [2.45, 2.75) is 19.4 Å². The highest BCUT2D eigenvalue weighted by atomic mass is 79.9. The summed E-state index contributed by atoms with van der Waals surface area (Å²) in [5.41, 5.74) is 6.02. The first-order valence-corrected chi connectivity index (χ1v) is 5.59. The molecule has 1 heterocycles. The van der Waals surface area contributed by atoms with Crippen LogP contribution in [0.4, 0.5) is 5.69 Å². The van der Waals surface area contributed by atoms with Crippen LogP contribution in [0.1, 0.15) is 13.3 Å². The van der Waals surface area contributed by atoms with Crippen molar-refractivity contribution >= 4 is 39.1 Å². The van der Waals surface area contributed by atoms with Crippen molar-refractivity contribution in [1.29, 1.82) is 0 Å². The van der Waals surface area contributed by atoms with Crippen LogP contribution in [0.5, 0.6) is 0 Å². The molecular weight excluding hydrogens is 281 g/mol. The Kier molecular flexibility index (Phi) is 4.50. The lowest BCUT2D eigenvalue weighted by Crippen LogP contribution is -2.34. The third-order valence-corrected chi connectivity index (χ3v) is 2.58. The summed E-state index contributed by atoms with van der Waals surface area (Å²) in [6.45, 7) is 1.84. The molecule has 6 heteroatoms. The van der Waals surface area contributed by atoms with Gasteiger partial charge in [0.25, 0.3) is 0 Å². The zero-order valence-electron chi connectivity index (χ0n) is 8.13. The van der Waals surface area contributed by atoms with Crippen LogP contribution in [0.25, 0.3) is 0 Å². The smallest absolute Gasteiger partial charge is 0.241 e. The van der Waals surface area contributed by atoms with E-state index in [-0.39, 0.29) is 11.1 Å². The van der Waals surface area contributed by atoms with Crippen LogP contribution in [-0.2, 0) is 4.79 Å². The molecule has 0 aliphatic carbocycles. The number of hydrogen-bond donors (Lipinski definition) is 2. The minimum atomic E-state index is -0.528. The van der Waals surface area contributed by atoms with Crippen LogP contribution in [0.15, 0.2) is 16.7 Å². The fraction of sp³-hybridized carbons (Fsp3) is 0.333. The number of anilines is 1. The number of aromatic nitrogens is 1. The predicted octanol–water partition coefficient (Wildman–Crippen LogP) is 2.17. The number of carbonyl (C=O) groups is 1. The first kappa shape index (κ1) is 12.4. The van der Waals surface area contributed by atoms with E-state index in [0.717, 1.165) is 4.47 Å². The second-order valence-electron chi connectivity index (χ2n) is 3.00. The van der Waals surface area contributed by atoms with Crippen molar-refractivity contribution in [2.24, 2.45) is 5.73 Å². The summed E-state index contributed by atoms with van der Waals surface area (Å²) in [5.74, 6) is -0.265. The Morgan fingerprint density at radius 1 is 1.80 bits per heavy atom. The molecule has 0 saturated carbocycles. The van der Waals surface area contributed by atoms with Crippen molar-refractivity contribution in [3.63, 3.8) is 0 Å². The number of hydrogen-bond acceptors (Lipinski definition) is 3. The second-order valence-corrected chi connectivity index (χ2v) is 4.27. The van der Waals surface area contributed by atoms with Gasteiger partial charge in [-0.05, 0) is 28.4 Å². The van der Waals surface area contributed by atoms with Crippen molar-refractivity contribution in [3.8, 4) is 0 Å². The molecule has 3 N–H and O–H groups in total. The molecule has 0 aromatic carbocycles. The Bertz CT molecular complexity index is 372. The Hall–Kier alpha value is -0.650. The molecule has 0 fully saturated rings. The van der Waals surface area contributed by atoms with Gasteiger partial charge in [-0.1, -0.05) is 18.5 Å². The number of nitrogens with two attached hydrogens (primary N) is 1. The third-order valence-electron chi connectivity index (χ3n) is 1.84. The number of pyridine rings is 1. The van der Waals surface area contributed by atoms with Gasteiger partial charge in [-0.3, -0.25) is 4.79 Å². The Balaban J connectivity index is 2.80. The molecule has 0 bridgehead atoms. The standard InChI is InChI=1S/C9H11BrClN3O/c1-2-6(12)9(15)14-7-3-5(10)4-13-8(7)11/h3-4,6H,2,12H2,1H3,(H,14,15)/t6-/m0/s1. The topological polar surface area (TPSA) is 68.0 Å². The van der Waals surface area contributed by atoms with Gasteiger partial charge in [0.05, 0.1) is 11.7 Å². The van der Waals surface area contributed by atoms with E-state index in [1.54, 1.807) is 12.3 Å². The maximum atomic E-state index is 11.5. The van der Waals surface area contributed by atoms with Gasteiger partial charge in [0.15, 0.2) is 5.15 Å². The van der Waals surface area contributed by atoms with E-state index in [4.69, 9.17) is 17.3 Å². The predicted molar refractivity (Wildman–Crippen MR) is 63.8 cm³/mol. The molecule has 0 spiro atoms. The van der Waals surface area contributed by atoms with Gasteiger partial charge in [0.1, 0.15) is 0 Å². The Morgan fingerprint density at radius 3 is 3.07 bits per heavy atom. The number of amides is 1. The summed E-state index contributed by atoms with van der Waals surface area (Å²) in [4.78, 5) is 15.3. The maximum Gasteiger partial charge on any atom is 0.241 e. The van der Waals surface area contributed by atoms with Gasteiger partial charge in [-0.2, -0.15) is 0 Å². The van der Waals surface area contributed by atoms with Crippen LogP contribution in [-0.4, -0.2) is 16.9 Å². The zero-order valence-corrected chi connectivity index (χ0v) is 10.5. The average molecular weight is 293 g/mol. The quantitative estimate of drug-likeness (QED) is 0.839. The highest BCUT2D eigenvalue weighted by molar-refractivity contribution is 9.10. The molecule has 1 atom stereocenters. The molecular formula is C9H11BrClN3O. The number of nitrogens with one attached hydrogen (secondary N) is 1. The summed E-state index contributed by atoms with van der Waals surface area (Å²) in [7, 11) is 0. The highest BCUT2D eigenvalue weighted by Gasteiger charge is 2.13. The van der Waals surface area contributed by atoms with Gasteiger partial charge < -0.3 is 11.1 Å². The average Bonchev–Trinajstić information content (AvgIpc) is 2.22. The summed E-state index contributed by atoms with van der Waals surface area (Å²) in [6.07, 6.45) is 2.13. The van der Waals surface area contributed by atoms with E-state index in [1.807, 2.05) is 6.92 Å². The summed E-state index contributed by atoms with van der Waals surface area (Å²) in [5, 5.41) is 2.86. The molecule has 0 aliphatic heterocycles. The third kappa shape index (κ3) is 3.44. The van der Waals surface area contributed by atoms with E-state index in [0.29, 0.717) is 12.1 Å². The van der Waals surface area contributed by atoms with Crippen molar-refractivity contribution in [1.82, 2.24) is 4.98 Å². The molecule has 4 nitrogen and oxygen atoms in total. The zero-order chi connectivity index (χ0) is 11.4. The second kappa shape index (κ2) is 5.44. The number of nitrogens with zero attached hydrogens (tertiary/aromatic N) is 1. The highest BCUT2D eigenvalue weighted by Crippen LogP contribution is 2.22. The first-order valence-electron chi connectivity index (χ1n) is 4.42. The molecule has 1 rings (SSSR count). The lowest BCUT2D eigenvalue weighted by molar-refractivity contribution is -0.117. The van der Waals surface area contributed by atoms with Crippen molar-refractivity contribution < 1.29 is 4.79 Å². The van der Waals surface area contributed by atoms with E-state index < -0.39 is 6.04 Å². The van der Waals surface area contributed by atoms with Gasteiger partial charge >= 0.3 is 0 Å². The van der Waals surface area contributed by atoms with Gasteiger partial charge in [-0.15, -0.1) is 0 Å². The van der Waals surface area contributed by atoms with E-state index >= 15 is 0 Å².